The molecule has 0 radical (unpaired) electrons. The van der Waals surface area contributed by atoms with Gasteiger partial charge in [-0.25, -0.2) is 0 Å². The minimum Gasteiger partial charge on any atom is -0.590 e. The van der Waals surface area contributed by atoms with E-state index >= 15 is 0 Å². The van der Waals surface area contributed by atoms with Crippen LogP contribution in [0.15, 0.2) is 23.3 Å². The molecule has 1 rings (SSSR count). The maximum atomic E-state index is 7.72. The van der Waals surface area contributed by atoms with Crippen molar-refractivity contribution in [3.05, 3.63) is 29.2 Å². The maximum absolute atomic E-state index is 7.72. The van der Waals surface area contributed by atoms with E-state index in [1.54, 1.807) is 18.2 Å². The van der Waals surface area contributed by atoms with Crippen LogP contribution in [0.25, 0.3) is 5.43 Å². The summed E-state index contributed by atoms with van der Waals surface area (Å²) in [5.74, 6) is 0.749. The first-order valence-corrected chi connectivity index (χ1v) is 4.54. The van der Waals surface area contributed by atoms with Gasteiger partial charge in [-0.15, -0.1) is 0 Å². The van der Waals surface area contributed by atoms with Gasteiger partial charge in [0.25, 0.3) is 0 Å². The molecular formula is C9H12N3O2SZn+3. The van der Waals surface area contributed by atoms with Gasteiger partial charge in [0.1, 0.15) is 0 Å². The molecular weight excluding hydrogens is 280 g/mol. The van der Waals surface area contributed by atoms with Gasteiger partial charge in [-0.3, -0.25) is 5.73 Å². The third kappa shape index (κ3) is 4.22. The molecule has 5 nitrogen and oxygen atoms in total. The van der Waals surface area contributed by atoms with Gasteiger partial charge in [0.2, 0.25) is 5.75 Å². The second kappa shape index (κ2) is 7.27. The molecule has 16 heavy (non-hydrogen) atoms. The Kier molecular flexibility index (Phi) is 6.80. The molecule has 0 bridgehead atoms. The predicted octanol–water partition coefficient (Wildman–Crippen LogP) is 0.163. The van der Waals surface area contributed by atoms with Crippen molar-refractivity contribution >= 4 is 23.5 Å². The summed E-state index contributed by atoms with van der Waals surface area (Å²) in [5, 5.41) is 11.5. The van der Waals surface area contributed by atoms with Crippen LogP contribution in [0.3, 0.4) is 0 Å². The van der Waals surface area contributed by atoms with Crippen LogP contribution in [-0.2, 0) is 31.7 Å². The Bertz CT molecular complexity index is 398. The monoisotopic (exact) mass is 290 g/mol. The minimum absolute atomic E-state index is 0. The van der Waals surface area contributed by atoms with Crippen molar-refractivity contribution in [2.75, 3.05) is 7.11 Å². The summed E-state index contributed by atoms with van der Waals surface area (Å²) in [4.78, 5) is 0. The Balaban J connectivity index is 0.00000225. The zero-order valence-electron chi connectivity index (χ0n) is 8.84. The second-order valence-electron chi connectivity index (χ2n) is 2.63. The van der Waals surface area contributed by atoms with Crippen LogP contribution in [0.4, 0.5) is 0 Å². The van der Waals surface area contributed by atoms with Gasteiger partial charge in [0.05, 0.1) is 12.7 Å². The molecule has 0 fully saturated rings. The summed E-state index contributed by atoms with van der Waals surface area (Å²) < 4.78 is 4.99. The number of thiol groups is 1. The fraction of sp³-hybridized carbons (Fsp3) is 0.111. The summed E-state index contributed by atoms with van der Waals surface area (Å²) in [7, 11) is 1.51. The van der Waals surface area contributed by atoms with Crippen LogP contribution < -0.4 is 10.5 Å². The molecule has 0 unspecified atom stereocenters. The zero-order valence-corrected chi connectivity index (χ0v) is 12.7. The molecule has 1 aromatic rings. The van der Waals surface area contributed by atoms with Gasteiger partial charge in [-0.2, -0.15) is 0 Å². The van der Waals surface area contributed by atoms with Crippen molar-refractivity contribution in [3.63, 3.8) is 0 Å². The van der Waals surface area contributed by atoms with Crippen LogP contribution in [0.5, 0.6) is 11.5 Å². The van der Waals surface area contributed by atoms with Gasteiger partial charge < -0.3 is 20.4 Å². The first kappa shape index (κ1) is 15.0. The Hall–Kier alpha value is -1.04. The van der Waals surface area contributed by atoms with Crippen molar-refractivity contribution < 1.29 is 29.3 Å². The number of methoxy groups -OCH3 is 1. The molecule has 7 heteroatoms. The number of hydrogen-bond acceptors (Lipinski definition) is 2. The van der Waals surface area contributed by atoms with E-state index in [4.69, 9.17) is 15.6 Å². The largest absolute Gasteiger partial charge is 2.00 e. The SMILES string of the molecule is COc1cccc(C=N[N-]C(N)=[SH+])c1[OH2+].[Zn+2]. The molecule has 0 spiro atoms. The van der Waals surface area contributed by atoms with Crippen molar-refractivity contribution in [3.8, 4) is 11.5 Å². The van der Waals surface area contributed by atoms with Crippen molar-refractivity contribution in [1.82, 2.24) is 0 Å². The van der Waals surface area contributed by atoms with E-state index in [1.165, 1.54) is 13.3 Å². The summed E-state index contributed by atoms with van der Waals surface area (Å²) in [6.07, 6.45) is 1.42. The van der Waals surface area contributed by atoms with E-state index in [2.05, 4.69) is 22.7 Å². The molecule has 0 aromatic heterocycles. The number of rotatable bonds is 3. The smallest absolute Gasteiger partial charge is 0.590 e. The fourth-order valence-electron chi connectivity index (χ4n) is 0.976. The predicted molar refractivity (Wildman–Crippen MR) is 65.0 cm³/mol. The van der Waals surface area contributed by atoms with E-state index in [1.807, 2.05) is 0 Å². The van der Waals surface area contributed by atoms with E-state index in [-0.39, 0.29) is 30.3 Å². The summed E-state index contributed by atoms with van der Waals surface area (Å²) in [6, 6.07) is 5.21. The Morgan fingerprint density at radius 2 is 2.31 bits per heavy atom. The van der Waals surface area contributed by atoms with Gasteiger partial charge in [-0.1, -0.05) is 6.07 Å². The number of ether oxygens (including phenoxy) is 1. The number of para-hydroxylation sites is 1. The van der Waals surface area contributed by atoms with Crippen LogP contribution in [0, 0.1) is 0 Å². The van der Waals surface area contributed by atoms with Gasteiger partial charge in [0.15, 0.2) is 17.3 Å². The number of hydrogen-bond donors (Lipinski definition) is 1. The van der Waals surface area contributed by atoms with Crippen LogP contribution in [0.1, 0.15) is 5.56 Å². The van der Waals surface area contributed by atoms with Crippen LogP contribution in [-0.4, -0.2) is 23.5 Å². The second-order valence-corrected chi connectivity index (χ2v) is 3.09. The van der Waals surface area contributed by atoms with Crippen molar-refractivity contribution in [2.45, 2.75) is 0 Å². The molecule has 4 N–H and O–H groups in total. The first-order chi connectivity index (χ1) is 7.15. The topological polar surface area (TPSA) is 84.6 Å². The van der Waals surface area contributed by atoms with E-state index < -0.39 is 0 Å². The number of nitrogens with two attached hydrogens (primary N) is 1. The van der Waals surface area contributed by atoms with E-state index in [0.29, 0.717) is 11.3 Å². The molecule has 0 aliphatic rings. The molecule has 0 heterocycles. The maximum Gasteiger partial charge on any atom is 2.00 e. The zero-order chi connectivity index (χ0) is 11.3. The van der Waals surface area contributed by atoms with Crippen LogP contribution in [0.2, 0.25) is 0 Å². The van der Waals surface area contributed by atoms with E-state index in [9.17, 15) is 0 Å². The Morgan fingerprint density at radius 3 is 2.88 bits per heavy atom. The Labute approximate surface area is 111 Å². The standard InChI is InChI=1S/C9H11N3O2S.Zn/c1-14-7-4-2-3-6(8(7)13)5-11-12-9(10)15;/h2-5H,1H3,(H4,10,11,12,13,15);/q;+2/p+1. The van der Waals surface area contributed by atoms with Crippen molar-refractivity contribution in [1.29, 1.82) is 0 Å². The van der Waals surface area contributed by atoms with Crippen LogP contribution >= 0.6 is 0 Å². The molecule has 0 aliphatic carbocycles. The normalized spacial score (nSPS) is 9.62. The molecule has 0 saturated carbocycles. The van der Waals surface area contributed by atoms with Gasteiger partial charge >= 0.3 is 25.2 Å². The van der Waals surface area contributed by atoms with E-state index in [0.717, 1.165) is 0 Å². The molecule has 80 valence electrons. The number of nitrogens with zero attached hydrogens (tertiary/aromatic N) is 2. The average molecular weight is 292 g/mol. The molecule has 0 atom stereocenters. The summed E-state index contributed by atoms with van der Waals surface area (Å²) in [6.45, 7) is 0. The minimum atomic E-state index is 0. The summed E-state index contributed by atoms with van der Waals surface area (Å²) in [5.41, 5.74) is 9.30. The average Bonchev–Trinajstić information content (AvgIpc) is 2.20. The summed E-state index contributed by atoms with van der Waals surface area (Å²) >= 11 is 3.75. The fourth-order valence-corrected chi connectivity index (χ4v) is 1.03. The Morgan fingerprint density at radius 1 is 1.62 bits per heavy atom. The molecule has 0 amide bonds. The van der Waals surface area contributed by atoms with Gasteiger partial charge in [0, 0.05) is 6.21 Å². The third-order valence-electron chi connectivity index (χ3n) is 1.64. The molecule has 0 aliphatic heterocycles. The third-order valence-corrected chi connectivity index (χ3v) is 1.72. The first-order valence-electron chi connectivity index (χ1n) is 4.09. The van der Waals surface area contributed by atoms with Crippen molar-refractivity contribution in [2.24, 2.45) is 10.8 Å². The number of benzene rings is 1. The molecule has 0 saturated heterocycles. The molecule has 1 aromatic carbocycles. The van der Waals surface area contributed by atoms with Gasteiger partial charge in [-0.05, 0) is 12.1 Å². The quantitative estimate of drug-likeness (QED) is 0.215.